The van der Waals surface area contributed by atoms with E-state index in [1.165, 1.54) is 6.42 Å². The van der Waals surface area contributed by atoms with Crippen molar-refractivity contribution in [3.63, 3.8) is 0 Å². The summed E-state index contributed by atoms with van der Waals surface area (Å²) < 4.78 is 8.88. The average Bonchev–Trinajstić information content (AvgIpc) is 1.84. The van der Waals surface area contributed by atoms with Crippen molar-refractivity contribution in [3.8, 4) is 0 Å². The van der Waals surface area contributed by atoms with Gasteiger partial charge in [-0.2, -0.15) is 0 Å². The molecule has 0 aromatic rings. The molecule has 0 aromatic heterocycles. The second-order valence-electron chi connectivity index (χ2n) is 3.56. The third kappa shape index (κ3) is 157. The standard InChI is InChI=1S/C5H13N.C3H8.H3O4P/c1-4-5(2,3)6;1-3-2;1-5(2,3)4/h4,6H2,1-3H3;3H2,1-2H3;(H3,1,2,3,4). The van der Waals surface area contributed by atoms with Crippen molar-refractivity contribution < 1.29 is 19.2 Å². The molecule has 5 nitrogen and oxygen atoms in total. The van der Waals surface area contributed by atoms with E-state index in [4.69, 9.17) is 25.0 Å². The summed E-state index contributed by atoms with van der Waals surface area (Å²) in [6, 6.07) is 0. The van der Waals surface area contributed by atoms with Crippen molar-refractivity contribution in [1.29, 1.82) is 0 Å². The first kappa shape index (κ1) is 19.6. The monoisotopic (exact) mass is 229 g/mol. The predicted molar refractivity (Wildman–Crippen MR) is 58.8 cm³/mol. The molecule has 0 amide bonds. The summed E-state index contributed by atoms with van der Waals surface area (Å²) in [6.45, 7) is 10.4. The lowest BCUT2D eigenvalue weighted by Crippen LogP contribution is -2.30. The van der Waals surface area contributed by atoms with E-state index in [9.17, 15) is 0 Å². The fourth-order valence-corrected chi connectivity index (χ4v) is 0. The van der Waals surface area contributed by atoms with E-state index in [0.717, 1.165) is 6.42 Å². The van der Waals surface area contributed by atoms with E-state index in [1.807, 2.05) is 13.8 Å². The summed E-state index contributed by atoms with van der Waals surface area (Å²) in [6.07, 6.45) is 2.30. The number of nitrogens with two attached hydrogens (primary N) is 1. The van der Waals surface area contributed by atoms with E-state index >= 15 is 0 Å². The molecule has 0 heterocycles. The maximum Gasteiger partial charge on any atom is 0.466 e. The van der Waals surface area contributed by atoms with E-state index in [2.05, 4.69) is 20.8 Å². The van der Waals surface area contributed by atoms with Gasteiger partial charge < -0.3 is 20.4 Å². The topological polar surface area (TPSA) is 104 Å². The Morgan fingerprint density at radius 3 is 1.21 bits per heavy atom. The summed E-state index contributed by atoms with van der Waals surface area (Å²) >= 11 is 0. The first-order chi connectivity index (χ1) is 5.97. The van der Waals surface area contributed by atoms with Crippen molar-refractivity contribution in [2.45, 2.75) is 53.0 Å². The van der Waals surface area contributed by atoms with E-state index < -0.39 is 7.82 Å². The molecule has 0 saturated carbocycles. The zero-order valence-electron chi connectivity index (χ0n) is 9.69. The van der Waals surface area contributed by atoms with Crippen LogP contribution in [0.25, 0.3) is 0 Å². The molecule has 0 aliphatic carbocycles. The molecule has 0 unspecified atom stereocenters. The molecule has 0 aliphatic rings. The van der Waals surface area contributed by atoms with E-state index in [1.54, 1.807) is 0 Å². The highest BCUT2D eigenvalue weighted by atomic mass is 31.2. The van der Waals surface area contributed by atoms with Gasteiger partial charge in [-0.25, -0.2) is 4.57 Å². The molecule has 0 saturated heterocycles. The van der Waals surface area contributed by atoms with E-state index in [-0.39, 0.29) is 5.54 Å². The van der Waals surface area contributed by atoms with Crippen LogP contribution in [0.1, 0.15) is 47.5 Å². The van der Waals surface area contributed by atoms with E-state index in [0.29, 0.717) is 0 Å². The fourth-order valence-electron chi connectivity index (χ4n) is 0. The summed E-state index contributed by atoms with van der Waals surface area (Å²) in [5.74, 6) is 0. The summed E-state index contributed by atoms with van der Waals surface area (Å²) in [5.41, 5.74) is 5.58. The van der Waals surface area contributed by atoms with Crippen molar-refractivity contribution in [3.05, 3.63) is 0 Å². The molecule has 0 rings (SSSR count). The maximum absolute atomic E-state index is 8.88. The summed E-state index contributed by atoms with van der Waals surface area (Å²) in [7, 11) is -4.64. The van der Waals surface area contributed by atoms with Gasteiger partial charge in [-0.15, -0.1) is 0 Å². The zero-order chi connectivity index (χ0) is 12.4. The Kier molecular flexibility index (Phi) is 13.5. The second kappa shape index (κ2) is 9.62. The van der Waals surface area contributed by atoms with Crippen molar-refractivity contribution in [1.82, 2.24) is 0 Å². The number of phosphoric acid groups is 1. The van der Waals surface area contributed by atoms with Crippen LogP contribution in [0.2, 0.25) is 0 Å². The molecule has 14 heavy (non-hydrogen) atoms. The van der Waals surface area contributed by atoms with Crippen LogP contribution >= 0.6 is 7.82 Å². The van der Waals surface area contributed by atoms with Crippen LogP contribution < -0.4 is 5.73 Å². The number of rotatable bonds is 1. The molecule has 0 fully saturated rings. The van der Waals surface area contributed by atoms with Crippen LogP contribution in [-0.4, -0.2) is 20.2 Å². The lowest BCUT2D eigenvalue weighted by molar-refractivity contribution is 0.275. The zero-order valence-corrected chi connectivity index (χ0v) is 10.6. The molecular weight excluding hydrogens is 205 g/mol. The Bertz CT molecular complexity index is 142. The minimum atomic E-state index is -4.64. The molecule has 0 aromatic carbocycles. The quantitative estimate of drug-likeness (QED) is 0.511. The van der Waals surface area contributed by atoms with Crippen molar-refractivity contribution >= 4 is 7.82 Å². The summed E-state index contributed by atoms with van der Waals surface area (Å²) in [5, 5.41) is 0. The largest absolute Gasteiger partial charge is 0.466 e. The normalized spacial score (nSPS) is 10.6. The van der Waals surface area contributed by atoms with Gasteiger partial charge >= 0.3 is 7.82 Å². The minimum Gasteiger partial charge on any atom is -0.326 e. The third-order valence-corrected chi connectivity index (χ3v) is 0.911. The highest BCUT2D eigenvalue weighted by Gasteiger charge is 2.03. The van der Waals surface area contributed by atoms with Gasteiger partial charge in [0.05, 0.1) is 0 Å². The smallest absolute Gasteiger partial charge is 0.326 e. The van der Waals surface area contributed by atoms with Crippen LogP contribution in [0.3, 0.4) is 0 Å². The molecule has 0 spiro atoms. The molecule has 5 N–H and O–H groups in total. The van der Waals surface area contributed by atoms with Gasteiger partial charge in [0.2, 0.25) is 0 Å². The Balaban J connectivity index is -0.000000138. The maximum atomic E-state index is 8.88. The summed E-state index contributed by atoms with van der Waals surface area (Å²) in [4.78, 5) is 21.6. The van der Waals surface area contributed by atoms with Crippen LogP contribution in [0.15, 0.2) is 0 Å². The van der Waals surface area contributed by atoms with Crippen molar-refractivity contribution in [2.75, 3.05) is 0 Å². The number of hydrogen-bond acceptors (Lipinski definition) is 2. The van der Waals surface area contributed by atoms with Gasteiger partial charge in [-0.1, -0.05) is 27.2 Å². The second-order valence-corrected chi connectivity index (χ2v) is 4.59. The Hall–Kier alpha value is 0.0700. The first-order valence-corrected chi connectivity index (χ1v) is 6.11. The first-order valence-electron chi connectivity index (χ1n) is 4.55. The minimum absolute atomic E-state index is 0.0417. The van der Waals surface area contributed by atoms with Gasteiger partial charge in [-0.05, 0) is 20.3 Å². The van der Waals surface area contributed by atoms with Gasteiger partial charge in [0.15, 0.2) is 0 Å². The molecule has 90 valence electrons. The lowest BCUT2D eigenvalue weighted by Gasteiger charge is -2.13. The highest BCUT2D eigenvalue weighted by Crippen LogP contribution is 2.25. The molecule has 0 aliphatic heterocycles. The highest BCUT2D eigenvalue weighted by molar-refractivity contribution is 7.45. The van der Waals surface area contributed by atoms with Crippen molar-refractivity contribution in [2.24, 2.45) is 5.73 Å². The molecule has 0 radical (unpaired) electrons. The Labute approximate surface area is 86.6 Å². The van der Waals surface area contributed by atoms with Gasteiger partial charge in [-0.3, -0.25) is 0 Å². The fraction of sp³-hybridized carbons (Fsp3) is 1.00. The van der Waals surface area contributed by atoms with Crippen LogP contribution in [0.5, 0.6) is 0 Å². The van der Waals surface area contributed by atoms with Crippen LogP contribution in [-0.2, 0) is 4.57 Å². The molecule has 0 atom stereocenters. The molecule has 0 bridgehead atoms. The molecule has 6 heteroatoms. The lowest BCUT2D eigenvalue weighted by atomic mass is 10.1. The van der Waals surface area contributed by atoms with Gasteiger partial charge in [0.1, 0.15) is 0 Å². The average molecular weight is 229 g/mol. The van der Waals surface area contributed by atoms with Crippen LogP contribution in [0.4, 0.5) is 0 Å². The van der Waals surface area contributed by atoms with Gasteiger partial charge in [0, 0.05) is 5.54 Å². The predicted octanol–water partition coefficient (Wildman–Crippen LogP) is 1.62. The number of hydrogen-bond donors (Lipinski definition) is 4. The SMILES string of the molecule is CCC.CCC(C)(C)N.O=P(O)(O)O. The Morgan fingerprint density at radius 2 is 1.21 bits per heavy atom. The third-order valence-electron chi connectivity index (χ3n) is 0.911. The Morgan fingerprint density at radius 1 is 1.14 bits per heavy atom. The van der Waals surface area contributed by atoms with Gasteiger partial charge in [0.25, 0.3) is 0 Å². The molecular formula is C8H24NO4P. The van der Waals surface area contributed by atoms with Crippen LogP contribution in [0, 0.1) is 0 Å².